The van der Waals surface area contributed by atoms with Crippen LogP contribution in [0.5, 0.6) is 0 Å². The number of carboxylic acid groups (broad SMARTS) is 1. The predicted octanol–water partition coefficient (Wildman–Crippen LogP) is 1.71. The van der Waals surface area contributed by atoms with Gasteiger partial charge < -0.3 is 5.11 Å². The zero-order valence-corrected chi connectivity index (χ0v) is 8.08. The van der Waals surface area contributed by atoms with Gasteiger partial charge in [-0.05, 0) is 12.8 Å². The zero-order chi connectivity index (χ0) is 11.2. The van der Waals surface area contributed by atoms with Crippen LogP contribution in [-0.4, -0.2) is 22.8 Å². The summed E-state index contributed by atoms with van der Waals surface area (Å²) in [6.07, 6.45) is -0.765. The SMILES string of the molecule is O=C(O)C1CC2CC(F)(F)CC(C1)C2=O. The molecule has 0 aromatic carbocycles. The van der Waals surface area contributed by atoms with Crippen LogP contribution in [0.1, 0.15) is 25.7 Å². The second kappa shape index (κ2) is 3.25. The van der Waals surface area contributed by atoms with Crippen LogP contribution in [0.2, 0.25) is 0 Å². The third kappa shape index (κ3) is 1.87. The van der Waals surface area contributed by atoms with E-state index in [1.54, 1.807) is 0 Å². The smallest absolute Gasteiger partial charge is 0.306 e. The van der Waals surface area contributed by atoms with Crippen LogP contribution in [0, 0.1) is 17.8 Å². The molecule has 2 atom stereocenters. The number of hydrogen-bond acceptors (Lipinski definition) is 2. The van der Waals surface area contributed by atoms with Crippen LogP contribution >= 0.6 is 0 Å². The van der Waals surface area contributed by atoms with Crippen LogP contribution in [0.3, 0.4) is 0 Å². The summed E-state index contributed by atoms with van der Waals surface area (Å²) < 4.78 is 26.3. The van der Waals surface area contributed by atoms with Crippen molar-refractivity contribution in [2.45, 2.75) is 31.6 Å². The quantitative estimate of drug-likeness (QED) is 0.728. The largest absolute Gasteiger partial charge is 0.481 e. The van der Waals surface area contributed by atoms with Crippen molar-refractivity contribution >= 4 is 11.8 Å². The number of carbonyl (C=O) groups excluding carboxylic acids is 1. The maximum absolute atomic E-state index is 13.1. The number of carboxylic acids is 1. The Bertz CT molecular complexity index is 294. The van der Waals surface area contributed by atoms with Gasteiger partial charge in [0.1, 0.15) is 5.78 Å². The maximum atomic E-state index is 13.1. The van der Waals surface area contributed by atoms with E-state index in [9.17, 15) is 18.4 Å². The monoisotopic (exact) mass is 218 g/mol. The highest BCUT2D eigenvalue weighted by Gasteiger charge is 2.51. The third-order valence-corrected chi connectivity index (χ3v) is 3.38. The molecule has 2 unspecified atom stereocenters. The molecule has 0 saturated heterocycles. The van der Waals surface area contributed by atoms with Gasteiger partial charge in [0, 0.05) is 24.7 Å². The number of hydrogen-bond donors (Lipinski definition) is 1. The van der Waals surface area contributed by atoms with Gasteiger partial charge in [0.2, 0.25) is 5.92 Å². The summed E-state index contributed by atoms with van der Waals surface area (Å²) in [6, 6.07) is 0. The van der Waals surface area contributed by atoms with Crippen molar-refractivity contribution < 1.29 is 23.5 Å². The van der Waals surface area contributed by atoms with E-state index < -0.39 is 42.5 Å². The molecular formula is C10H12F2O3. The van der Waals surface area contributed by atoms with Crippen LogP contribution in [-0.2, 0) is 9.59 Å². The first kappa shape index (κ1) is 10.5. The van der Waals surface area contributed by atoms with E-state index in [-0.39, 0.29) is 18.6 Å². The molecule has 0 heterocycles. The molecule has 2 aliphatic rings. The number of ketones is 1. The molecule has 2 bridgehead atoms. The first-order chi connectivity index (χ1) is 6.89. The van der Waals surface area contributed by atoms with Crippen molar-refractivity contribution in [2.75, 3.05) is 0 Å². The van der Waals surface area contributed by atoms with Crippen molar-refractivity contribution in [3.8, 4) is 0 Å². The molecule has 2 rings (SSSR count). The Balaban J connectivity index is 2.17. The second-order valence-corrected chi connectivity index (χ2v) is 4.57. The summed E-state index contributed by atoms with van der Waals surface area (Å²) in [5.74, 6) is -6.01. The highest BCUT2D eigenvalue weighted by atomic mass is 19.3. The van der Waals surface area contributed by atoms with Gasteiger partial charge in [0.15, 0.2) is 0 Å². The Labute approximate surface area is 85.5 Å². The van der Waals surface area contributed by atoms with Crippen molar-refractivity contribution in [1.29, 1.82) is 0 Å². The Hall–Kier alpha value is -1.00. The fourth-order valence-electron chi connectivity index (χ4n) is 2.72. The summed E-state index contributed by atoms with van der Waals surface area (Å²) in [5, 5.41) is 8.81. The molecule has 15 heavy (non-hydrogen) atoms. The Morgan fingerprint density at radius 3 is 2.13 bits per heavy atom. The predicted molar refractivity (Wildman–Crippen MR) is 46.5 cm³/mol. The van der Waals surface area contributed by atoms with Crippen LogP contribution in [0.15, 0.2) is 0 Å². The summed E-state index contributed by atoms with van der Waals surface area (Å²) in [5.41, 5.74) is 0. The number of fused-ring (bicyclic) bond motifs is 2. The minimum Gasteiger partial charge on any atom is -0.481 e. The van der Waals surface area contributed by atoms with Gasteiger partial charge in [0.05, 0.1) is 5.92 Å². The molecular weight excluding hydrogens is 206 g/mol. The van der Waals surface area contributed by atoms with E-state index in [0.29, 0.717) is 0 Å². The molecule has 3 nitrogen and oxygen atoms in total. The molecule has 0 radical (unpaired) electrons. The third-order valence-electron chi connectivity index (χ3n) is 3.38. The minimum absolute atomic E-state index is 0.0836. The average molecular weight is 218 g/mol. The lowest BCUT2D eigenvalue weighted by Gasteiger charge is -2.39. The summed E-state index contributed by atoms with van der Waals surface area (Å²) >= 11 is 0. The van der Waals surface area contributed by atoms with Gasteiger partial charge in [0.25, 0.3) is 0 Å². The lowest BCUT2D eigenvalue weighted by Crippen LogP contribution is -2.45. The van der Waals surface area contributed by atoms with Gasteiger partial charge in [-0.3, -0.25) is 9.59 Å². The minimum atomic E-state index is -2.79. The highest BCUT2D eigenvalue weighted by Crippen LogP contribution is 2.46. The average Bonchev–Trinajstić information content (AvgIpc) is 2.07. The molecule has 0 aromatic rings. The lowest BCUT2D eigenvalue weighted by molar-refractivity contribution is -0.158. The van der Waals surface area contributed by atoms with E-state index in [1.165, 1.54) is 0 Å². The van der Waals surface area contributed by atoms with E-state index in [2.05, 4.69) is 0 Å². The molecule has 2 fully saturated rings. The van der Waals surface area contributed by atoms with Crippen molar-refractivity contribution in [2.24, 2.45) is 17.8 Å². The summed E-state index contributed by atoms with van der Waals surface area (Å²) in [6.45, 7) is 0. The molecule has 0 spiro atoms. The number of alkyl halides is 2. The highest BCUT2D eigenvalue weighted by molar-refractivity contribution is 5.87. The Morgan fingerprint density at radius 1 is 1.27 bits per heavy atom. The normalized spacial score (nSPS) is 38.8. The molecule has 2 saturated carbocycles. The van der Waals surface area contributed by atoms with E-state index >= 15 is 0 Å². The Morgan fingerprint density at radius 2 is 1.73 bits per heavy atom. The lowest BCUT2D eigenvalue weighted by atomic mass is 9.66. The first-order valence-corrected chi connectivity index (χ1v) is 5.03. The fraction of sp³-hybridized carbons (Fsp3) is 0.800. The van der Waals surface area contributed by atoms with E-state index in [4.69, 9.17) is 5.11 Å². The Kier molecular flexibility index (Phi) is 2.28. The molecule has 0 amide bonds. The number of halogens is 2. The van der Waals surface area contributed by atoms with Gasteiger partial charge >= 0.3 is 5.97 Å². The fourth-order valence-corrected chi connectivity index (χ4v) is 2.72. The molecule has 5 heteroatoms. The number of aliphatic carboxylic acids is 1. The van der Waals surface area contributed by atoms with Gasteiger partial charge in [-0.2, -0.15) is 0 Å². The summed E-state index contributed by atoms with van der Waals surface area (Å²) in [4.78, 5) is 22.3. The molecule has 0 aliphatic heterocycles. The van der Waals surface area contributed by atoms with Gasteiger partial charge in [-0.25, -0.2) is 8.78 Å². The molecule has 84 valence electrons. The molecule has 1 N–H and O–H groups in total. The van der Waals surface area contributed by atoms with Crippen LogP contribution in [0.25, 0.3) is 0 Å². The topological polar surface area (TPSA) is 54.4 Å². The molecule has 0 aromatic heterocycles. The van der Waals surface area contributed by atoms with Crippen molar-refractivity contribution in [3.63, 3.8) is 0 Å². The van der Waals surface area contributed by atoms with Crippen molar-refractivity contribution in [3.05, 3.63) is 0 Å². The first-order valence-electron chi connectivity index (χ1n) is 5.03. The number of rotatable bonds is 1. The number of Topliss-reactive ketones (excluding diaryl/α,β-unsaturated/α-hetero) is 1. The van der Waals surface area contributed by atoms with E-state index in [1.807, 2.05) is 0 Å². The standard InChI is InChI=1S/C10H12F2O3/c11-10(12)3-6-1-5(9(14)15)2-7(4-10)8(6)13/h5-7H,1-4H2,(H,14,15). The summed E-state index contributed by atoms with van der Waals surface area (Å²) in [7, 11) is 0. The van der Waals surface area contributed by atoms with Crippen LogP contribution < -0.4 is 0 Å². The van der Waals surface area contributed by atoms with Gasteiger partial charge in [-0.1, -0.05) is 0 Å². The molecule has 2 aliphatic carbocycles. The second-order valence-electron chi connectivity index (χ2n) is 4.57. The zero-order valence-electron chi connectivity index (χ0n) is 8.08. The maximum Gasteiger partial charge on any atom is 0.306 e. The van der Waals surface area contributed by atoms with Gasteiger partial charge in [-0.15, -0.1) is 0 Å². The van der Waals surface area contributed by atoms with E-state index in [0.717, 1.165) is 0 Å². The number of carbonyl (C=O) groups is 2. The van der Waals surface area contributed by atoms with Crippen molar-refractivity contribution in [1.82, 2.24) is 0 Å². The van der Waals surface area contributed by atoms with Crippen LogP contribution in [0.4, 0.5) is 8.78 Å².